The van der Waals surface area contributed by atoms with Crippen molar-refractivity contribution in [3.05, 3.63) is 35.4 Å². The molecule has 16 heavy (non-hydrogen) atoms. The van der Waals surface area contributed by atoms with Crippen LogP contribution in [0.25, 0.3) is 0 Å². The molecule has 0 saturated heterocycles. The van der Waals surface area contributed by atoms with Crippen molar-refractivity contribution in [1.29, 1.82) is 0 Å². The number of rotatable bonds is 4. The molecule has 0 radical (unpaired) electrons. The zero-order valence-electron chi connectivity index (χ0n) is 10.2. The molecule has 88 valence electrons. The Hall–Kier alpha value is -1.13. The Morgan fingerprint density at radius 2 is 1.88 bits per heavy atom. The van der Waals surface area contributed by atoms with Crippen LogP contribution in [-0.2, 0) is 9.16 Å². The van der Waals surface area contributed by atoms with Crippen molar-refractivity contribution in [2.75, 3.05) is 6.79 Å². The molecule has 0 aliphatic heterocycles. The molecule has 0 fully saturated rings. The molecule has 0 unspecified atom stereocenters. The summed E-state index contributed by atoms with van der Waals surface area (Å²) in [4.78, 5) is 11.7. The molecule has 0 heterocycles. The standard InChI is InChI=1S/C12H18O3Si/c1-10-7-5-6-8-11(10)12(13)14-9-15-16(2,3)4/h5-8H,9H2,1-4H3. The Labute approximate surface area is 97.5 Å². The number of carbonyl (C=O) groups is 1. The Bertz CT molecular complexity index is 369. The Morgan fingerprint density at radius 3 is 2.44 bits per heavy atom. The summed E-state index contributed by atoms with van der Waals surface area (Å²) < 4.78 is 10.5. The molecule has 0 amide bonds. The molecular formula is C12H18O3Si. The van der Waals surface area contributed by atoms with Gasteiger partial charge in [-0.3, -0.25) is 0 Å². The van der Waals surface area contributed by atoms with Crippen LogP contribution in [0.15, 0.2) is 24.3 Å². The number of esters is 1. The summed E-state index contributed by atoms with van der Waals surface area (Å²) >= 11 is 0. The van der Waals surface area contributed by atoms with Crippen molar-refractivity contribution in [2.24, 2.45) is 0 Å². The van der Waals surface area contributed by atoms with Crippen LogP contribution in [0.2, 0.25) is 19.6 Å². The van der Waals surface area contributed by atoms with Gasteiger partial charge in [0.15, 0.2) is 15.1 Å². The molecule has 0 aliphatic rings. The van der Waals surface area contributed by atoms with E-state index in [0.717, 1.165) is 5.56 Å². The molecule has 0 N–H and O–H groups in total. The summed E-state index contributed by atoms with van der Waals surface area (Å²) in [7, 11) is -1.62. The van der Waals surface area contributed by atoms with Crippen LogP contribution < -0.4 is 0 Å². The Balaban J connectivity index is 2.51. The summed E-state index contributed by atoms with van der Waals surface area (Å²) in [6.45, 7) is 8.08. The van der Waals surface area contributed by atoms with E-state index in [9.17, 15) is 4.79 Å². The lowest BCUT2D eigenvalue weighted by Crippen LogP contribution is -2.27. The van der Waals surface area contributed by atoms with E-state index in [1.165, 1.54) is 0 Å². The third-order valence-corrected chi connectivity index (χ3v) is 3.03. The fourth-order valence-corrected chi connectivity index (χ4v) is 1.55. The average Bonchev–Trinajstić information content (AvgIpc) is 2.16. The minimum atomic E-state index is -1.62. The third kappa shape index (κ3) is 4.16. The maximum Gasteiger partial charge on any atom is 0.340 e. The van der Waals surface area contributed by atoms with E-state index in [-0.39, 0.29) is 12.8 Å². The molecule has 4 heteroatoms. The molecule has 0 aliphatic carbocycles. The van der Waals surface area contributed by atoms with Gasteiger partial charge < -0.3 is 9.16 Å². The van der Waals surface area contributed by atoms with Crippen molar-refractivity contribution < 1.29 is 14.0 Å². The first-order valence-corrected chi connectivity index (χ1v) is 8.68. The molecule has 1 aromatic carbocycles. The van der Waals surface area contributed by atoms with Gasteiger partial charge in [-0.25, -0.2) is 4.79 Å². The van der Waals surface area contributed by atoms with Gasteiger partial charge in [0, 0.05) is 0 Å². The van der Waals surface area contributed by atoms with Crippen molar-refractivity contribution in [2.45, 2.75) is 26.6 Å². The van der Waals surface area contributed by atoms with Crippen molar-refractivity contribution in [3.63, 3.8) is 0 Å². The van der Waals surface area contributed by atoms with Crippen LogP contribution in [0.4, 0.5) is 0 Å². The van der Waals surface area contributed by atoms with Crippen LogP contribution in [-0.4, -0.2) is 21.1 Å². The van der Waals surface area contributed by atoms with Gasteiger partial charge in [0.25, 0.3) is 0 Å². The number of benzene rings is 1. The molecule has 1 rings (SSSR count). The lowest BCUT2D eigenvalue weighted by atomic mass is 10.1. The predicted molar refractivity (Wildman–Crippen MR) is 65.9 cm³/mol. The van der Waals surface area contributed by atoms with Gasteiger partial charge in [-0.15, -0.1) is 0 Å². The highest BCUT2D eigenvalue weighted by Crippen LogP contribution is 2.09. The van der Waals surface area contributed by atoms with Crippen LogP contribution in [0.1, 0.15) is 15.9 Å². The second-order valence-corrected chi connectivity index (χ2v) is 9.13. The highest BCUT2D eigenvalue weighted by Gasteiger charge is 2.16. The molecule has 0 spiro atoms. The highest BCUT2D eigenvalue weighted by atomic mass is 28.4. The lowest BCUT2D eigenvalue weighted by Gasteiger charge is -2.17. The zero-order chi connectivity index (χ0) is 12.2. The quantitative estimate of drug-likeness (QED) is 0.459. The number of ether oxygens (including phenoxy) is 1. The highest BCUT2D eigenvalue weighted by molar-refractivity contribution is 6.69. The molecule has 1 aromatic rings. The normalized spacial score (nSPS) is 11.2. The molecule has 0 aromatic heterocycles. The van der Waals surface area contributed by atoms with Gasteiger partial charge in [-0.2, -0.15) is 0 Å². The molecule has 0 bridgehead atoms. The van der Waals surface area contributed by atoms with E-state index < -0.39 is 8.32 Å². The fourth-order valence-electron chi connectivity index (χ4n) is 1.14. The SMILES string of the molecule is Cc1ccccc1C(=O)OCO[Si](C)(C)C. The summed E-state index contributed by atoms with van der Waals surface area (Å²) in [6.07, 6.45) is 0. The van der Waals surface area contributed by atoms with Crippen LogP contribution in [0, 0.1) is 6.92 Å². The molecular weight excluding hydrogens is 220 g/mol. The Morgan fingerprint density at radius 1 is 1.25 bits per heavy atom. The third-order valence-electron chi connectivity index (χ3n) is 2.05. The van der Waals surface area contributed by atoms with E-state index >= 15 is 0 Å². The summed E-state index contributed by atoms with van der Waals surface area (Å²) in [5.41, 5.74) is 1.52. The second kappa shape index (κ2) is 5.27. The number of carbonyl (C=O) groups excluding carboxylic acids is 1. The molecule has 0 saturated carbocycles. The van der Waals surface area contributed by atoms with Crippen LogP contribution in [0.5, 0.6) is 0 Å². The second-order valence-electron chi connectivity index (χ2n) is 4.62. The van der Waals surface area contributed by atoms with Gasteiger partial charge >= 0.3 is 5.97 Å². The molecule has 0 atom stereocenters. The number of aryl methyl sites for hydroxylation is 1. The summed E-state index contributed by atoms with van der Waals surface area (Å²) in [5.74, 6) is -0.323. The van der Waals surface area contributed by atoms with E-state index in [1.807, 2.05) is 25.1 Å². The van der Waals surface area contributed by atoms with Gasteiger partial charge in [0.2, 0.25) is 0 Å². The summed E-state index contributed by atoms with van der Waals surface area (Å²) in [5, 5.41) is 0. The van der Waals surface area contributed by atoms with Crippen LogP contribution >= 0.6 is 0 Å². The first kappa shape index (κ1) is 12.9. The summed E-state index contributed by atoms with van der Waals surface area (Å²) in [6, 6.07) is 7.36. The first-order chi connectivity index (χ1) is 7.40. The van der Waals surface area contributed by atoms with Crippen LogP contribution in [0.3, 0.4) is 0 Å². The predicted octanol–water partition coefficient (Wildman–Crippen LogP) is 2.96. The van der Waals surface area contributed by atoms with Crippen molar-refractivity contribution in [1.82, 2.24) is 0 Å². The maximum absolute atomic E-state index is 11.7. The largest absolute Gasteiger partial charge is 0.436 e. The van der Waals surface area contributed by atoms with Gasteiger partial charge in [0.1, 0.15) is 0 Å². The van der Waals surface area contributed by atoms with Crippen molar-refractivity contribution >= 4 is 14.3 Å². The topological polar surface area (TPSA) is 35.5 Å². The average molecular weight is 238 g/mol. The number of hydrogen-bond acceptors (Lipinski definition) is 3. The number of hydrogen-bond donors (Lipinski definition) is 0. The fraction of sp³-hybridized carbons (Fsp3) is 0.417. The van der Waals surface area contributed by atoms with Gasteiger partial charge in [-0.05, 0) is 38.2 Å². The maximum atomic E-state index is 11.7. The van der Waals surface area contributed by atoms with Crippen molar-refractivity contribution in [3.8, 4) is 0 Å². The van der Waals surface area contributed by atoms with E-state index in [1.54, 1.807) is 6.07 Å². The van der Waals surface area contributed by atoms with E-state index in [2.05, 4.69) is 19.6 Å². The minimum Gasteiger partial charge on any atom is -0.436 e. The smallest absolute Gasteiger partial charge is 0.340 e. The molecule has 3 nitrogen and oxygen atoms in total. The zero-order valence-corrected chi connectivity index (χ0v) is 11.2. The Kier molecular flexibility index (Phi) is 4.26. The first-order valence-electron chi connectivity index (χ1n) is 5.27. The van der Waals surface area contributed by atoms with E-state index in [0.29, 0.717) is 5.56 Å². The minimum absolute atomic E-state index is 0.0445. The monoisotopic (exact) mass is 238 g/mol. The van der Waals surface area contributed by atoms with Gasteiger partial charge in [0.05, 0.1) is 5.56 Å². The van der Waals surface area contributed by atoms with Gasteiger partial charge in [-0.1, -0.05) is 18.2 Å². The lowest BCUT2D eigenvalue weighted by molar-refractivity contribution is 0.0130. The van der Waals surface area contributed by atoms with E-state index in [4.69, 9.17) is 9.16 Å².